The molecule has 0 amide bonds. The Morgan fingerprint density at radius 1 is 1.15 bits per heavy atom. The number of hydrogen-bond donors (Lipinski definition) is 2. The summed E-state index contributed by atoms with van der Waals surface area (Å²) in [6.07, 6.45) is 0. The molecule has 0 unspecified atom stereocenters. The van der Waals surface area contributed by atoms with Crippen LogP contribution < -0.4 is 15.2 Å². The van der Waals surface area contributed by atoms with E-state index in [9.17, 15) is 0 Å². The van der Waals surface area contributed by atoms with Gasteiger partial charge >= 0.3 is 0 Å². The first kappa shape index (κ1) is 13.3. The quantitative estimate of drug-likeness (QED) is 0.800. The molecule has 1 aromatic carbocycles. The van der Waals surface area contributed by atoms with Gasteiger partial charge in [0.25, 0.3) is 0 Å². The van der Waals surface area contributed by atoms with Crippen molar-refractivity contribution in [3.8, 4) is 29.4 Å². The van der Waals surface area contributed by atoms with Gasteiger partial charge in [-0.1, -0.05) is 5.92 Å². The number of nitrogens with two attached hydrogens (primary N) is 1. The first-order chi connectivity index (χ1) is 9.67. The molecule has 0 fully saturated rings. The second-order valence-electron chi connectivity index (χ2n) is 3.82. The van der Waals surface area contributed by atoms with Gasteiger partial charge in [-0.3, -0.25) is 5.10 Å². The van der Waals surface area contributed by atoms with Crippen molar-refractivity contribution < 1.29 is 9.47 Å². The Morgan fingerprint density at radius 2 is 1.80 bits per heavy atom. The summed E-state index contributed by atoms with van der Waals surface area (Å²) >= 11 is 0. The first-order valence-corrected chi connectivity index (χ1v) is 5.67. The molecule has 3 N–H and O–H groups in total. The van der Waals surface area contributed by atoms with Crippen molar-refractivity contribution in [3.05, 3.63) is 35.0 Å². The molecule has 0 spiro atoms. The molecule has 6 nitrogen and oxygen atoms in total. The van der Waals surface area contributed by atoms with E-state index < -0.39 is 0 Å². The number of nitrogen functional groups attached to an aromatic ring is 1. The lowest BCUT2D eigenvalue weighted by molar-refractivity contribution is 0.394. The van der Waals surface area contributed by atoms with Crippen LogP contribution >= 0.6 is 0 Å². The van der Waals surface area contributed by atoms with E-state index in [0.717, 1.165) is 0 Å². The van der Waals surface area contributed by atoms with E-state index in [0.29, 0.717) is 22.8 Å². The number of anilines is 1. The summed E-state index contributed by atoms with van der Waals surface area (Å²) in [5.41, 5.74) is 6.81. The Hall–Kier alpha value is -3.12. The van der Waals surface area contributed by atoms with Crippen LogP contribution in [-0.2, 0) is 0 Å². The molecule has 1 heterocycles. The van der Waals surface area contributed by atoms with Crippen LogP contribution in [0.5, 0.6) is 11.5 Å². The summed E-state index contributed by atoms with van der Waals surface area (Å²) in [5, 5.41) is 15.4. The maximum Gasteiger partial charge on any atom is 0.155 e. The molecule has 0 atom stereocenters. The number of rotatable bonds is 2. The number of H-pyrrole nitrogens is 1. The zero-order valence-electron chi connectivity index (χ0n) is 11.0. The molecule has 0 aliphatic rings. The number of nitrogens with one attached hydrogen (secondary N) is 1. The molecule has 100 valence electrons. The van der Waals surface area contributed by atoms with Crippen LogP contribution in [0.15, 0.2) is 18.2 Å². The number of aromatic nitrogens is 2. The molecule has 0 aliphatic heterocycles. The normalized spacial score (nSPS) is 9.25. The van der Waals surface area contributed by atoms with Gasteiger partial charge in [-0.05, 0) is 18.1 Å². The topological polar surface area (TPSA) is 97.0 Å². The maximum absolute atomic E-state index is 8.95. The van der Waals surface area contributed by atoms with E-state index in [1.807, 2.05) is 6.07 Å². The van der Waals surface area contributed by atoms with E-state index in [1.54, 1.807) is 32.4 Å². The molecule has 1 aromatic heterocycles. The summed E-state index contributed by atoms with van der Waals surface area (Å²) in [4.78, 5) is 0. The molecule has 0 bridgehead atoms. The highest BCUT2D eigenvalue weighted by molar-refractivity contribution is 5.58. The van der Waals surface area contributed by atoms with Crippen LogP contribution in [0.1, 0.15) is 16.8 Å². The summed E-state index contributed by atoms with van der Waals surface area (Å²) in [7, 11) is 3.13. The minimum absolute atomic E-state index is 0.208. The number of methoxy groups -OCH3 is 2. The zero-order valence-corrected chi connectivity index (χ0v) is 11.0. The van der Waals surface area contributed by atoms with E-state index in [2.05, 4.69) is 22.0 Å². The van der Waals surface area contributed by atoms with E-state index in [-0.39, 0.29) is 11.4 Å². The SMILES string of the molecule is COc1cc(C#Cc2n[nH]c(N)c2C#N)cc(OC)c1. The standard InChI is InChI=1S/C14H12N4O2/c1-19-10-5-9(6-11(7-10)20-2)3-4-13-12(8-15)14(16)18-17-13/h5-7H,1-2H3,(H3,16,17,18). The van der Waals surface area contributed by atoms with Crippen molar-refractivity contribution in [1.82, 2.24) is 10.2 Å². The van der Waals surface area contributed by atoms with Crippen LogP contribution in [0.2, 0.25) is 0 Å². The van der Waals surface area contributed by atoms with Gasteiger partial charge in [0.15, 0.2) is 5.69 Å². The molecule has 0 aliphatic carbocycles. The third-order valence-corrected chi connectivity index (χ3v) is 2.58. The van der Waals surface area contributed by atoms with E-state index in [4.69, 9.17) is 20.5 Å². The maximum atomic E-state index is 8.95. The largest absolute Gasteiger partial charge is 0.497 e. The van der Waals surface area contributed by atoms with Crippen LogP contribution in [0.25, 0.3) is 0 Å². The lowest BCUT2D eigenvalue weighted by Gasteiger charge is -2.04. The number of benzene rings is 1. The average molecular weight is 268 g/mol. The van der Waals surface area contributed by atoms with Crippen molar-refractivity contribution in [2.75, 3.05) is 20.0 Å². The number of nitrogens with zero attached hydrogens (tertiary/aromatic N) is 2. The Labute approximate surface area is 116 Å². The monoisotopic (exact) mass is 268 g/mol. The molecule has 2 rings (SSSR count). The van der Waals surface area contributed by atoms with Crippen molar-refractivity contribution in [2.45, 2.75) is 0 Å². The molecule has 0 radical (unpaired) electrons. The predicted octanol–water partition coefficient (Wildman–Crippen LogP) is 1.28. The summed E-state index contributed by atoms with van der Waals surface area (Å²) < 4.78 is 10.3. The highest BCUT2D eigenvalue weighted by Gasteiger charge is 2.07. The van der Waals surface area contributed by atoms with E-state index in [1.165, 1.54) is 0 Å². The second kappa shape index (κ2) is 5.68. The Kier molecular flexibility index (Phi) is 3.78. The lowest BCUT2D eigenvalue weighted by Crippen LogP contribution is -1.89. The molecule has 2 aromatic rings. The third kappa shape index (κ3) is 2.65. The van der Waals surface area contributed by atoms with Crippen LogP contribution in [0.3, 0.4) is 0 Å². The fraction of sp³-hybridized carbons (Fsp3) is 0.143. The number of nitriles is 1. The molecular formula is C14H12N4O2. The molecule has 0 saturated heterocycles. The summed E-state index contributed by atoms with van der Waals surface area (Å²) in [6.45, 7) is 0. The average Bonchev–Trinajstić information content (AvgIpc) is 2.84. The fourth-order valence-corrected chi connectivity index (χ4v) is 1.57. The molecule has 0 saturated carbocycles. The van der Waals surface area contributed by atoms with Gasteiger partial charge in [0.1, 0.15) is 28.9 Å². The van der Waals surface area contributed by atoms with Crippen molar-refractivity contribution in [2.24, 2.45) is 0 Å². The minimum atomic E-state index is 0.208. The van der Waals surface area contributed by atoms with Crippen molar-refractivity contribution in [3.63, 3.8) is 0 Å². The summed E-state index contributed by atoms with van der Waals surface area (Å²) in [5.74, 6) is 7.18. The Balaban J connectivity index is 2.40. The number of aromatic amines is 1. The predicted molar refractivity (Wildman–Crippen MR) is 73.2 cm³/mol. The highest BCUT2D eigenvalue weighted by atomic mass is 16.5. The minimum Gasteiger partial charge on any atom is -0.497 e. The van der Waals surface area contributed by atoms with Gasteiger partial charge in [-0.2, -0.15) is 10.4 Å². The first-order valence-electron chi connectivity index (χ1n) is 5.67. The zero-order chi connectivity index (χ0) is 14.5. The van der Waals surface area contributed by atoms with Gasteiger partial charge in [-0.15, -0.1) is 0 Å². The van der Waals surface area contributed by atoms with Gasteiger partial charge in [0.2, 0.25) is 0 Å². The van der Waals surface area contributed by atoms with Crippen molar-refractivity contribution >= 4 is 5.82 Å². The van der Waals surface area contributed by atoms with Crippen LogP contribution in [0.4, 0.5) is 5.82 Å². The van der Waals surface area contributed by atoms with Gasteiger partial charge in [0.05, 0.1) is 14.2 Å². The second-order valence-corrected chi connectivity index (χ2v) is 3.82. The Bertz CT molecular complexity index is 710. The smallest absolute Gasteiger partial charge is 0.155 e. The van der Waals surface area contributed by atoms with Crippen molar-refractivity contribution in [1.29, 1.82) is 5.26 Å². The molecular weight excluding hydrogens is 256 g/mol. The number of hydrogen-bond acceptors (Lipinski definition) is 5. The van der Waals surface area contributed by atoms with Gasteiger partial charge in [0, 0.05) is 11.6 Å². The van der Waals surface area contributed by atoms with E-state index >= 15 is 0 Å². The van der Waals surface area contributed by atoms with Gasteiger partial charge in [-0.25, -0.2) is 0 Å². The molecule has 6 heteroatoms. The molecule has 20 heavy (non-hydrogen) atoms. The fourth-order valence-electron chi connectivity index (χ4n) is 1.57. The lowest BCUT2D eigenvalue weighted by atomic mass is 10.2. The van der Waals surface area contributed by atoms with Crippen LogP contribution in [-0.4, -0.2) is 24.4 Å². The third-order valence-electron chi connectivity index (χ3n) is 2.58. The highest BCUT2D eigenvalue weighted by Crippen LogP contribution is 2.22. The summed E-state index contributed by atoms with van der Waals surface area (Å²) in [6, 6.07) is 7.23. The van der Waals surface area contributed by atoms with Gasteiger partial charge < -0.3 is 15.2 Å². The Morgan fingerprint density at radius 3 is 2.35 bits per heavy atom. The number of ether oxygens (including phenoxy) is 2. The van der Waals surface area contributed by atoms with Crippen LogP contribution in [0, 0.1) is 23.2 Å².